The van der Waals surface area contributed by atoms with E-state index >= 15 is 0 Å². The molecule has 0 atom stereocenters. The number of hydrogen-bond acceptors (Lipinski definition) is 2. The number of H-pyrrole nitrogens is 1. The van der Waals surface area contributed by atoms with Crippen molar-refractivity contribution in [1.82, 2.24) is 9.97 Å². The molecule has 0 aliphatic heterocycles. The number of aromatic nitrogens is 2. The van der Waals surface area contributed by atoms with Crippen molar-refractivity contribution >= 4 is 22.6 Å². The Kier molecular flexibility index (Phi) is 4.17. The van der Waals surface area contributed by atoms with Crippen LogP contribution in [0.3, 0.4) is 0 Å². The van der Waals surface area contributed by atoms with E-state index < -0.39 is 0 Å². The summed E-state index contributed by atoms with van der Waals surface area (Å²) in [6, 6.07) is 21.8. The van der Waals surface area contributed by atoms with Gasteiger partial charge in [-0.25, -0.2) is 4.98 Å². The summed E-state index contributed by atoms with van der Waals surface area (Å²) in [4.78, 5) is 20.7. The third kappa shape index (κ3) is 3.18. The van der Waals surface area contributed by atoms with Gasteiger partial charge < -0.3 is 10.3 Å². The maximum Gasteiger partial charge on any atom is 0.255 e. The van der Waals surface area contributed by atoms with Crippen LogP contribution < -0.4 is 5.32 Å². The van der Waals surface area contributed by atoms with Crippen molar-refractivity contribution in [2.45, 2.75) is 25.7 Å². The van der Waals surface area contributed by atoms with Crippen LogP contribution in [0.25, 0.3) is 22.4 Å². The van der Waals surface area contributed by atoms with Gasteiger partial charge in [-0.2, -0.15) is 0 Å². The van der Waals surface area contributed by atoms with Crippen molar-refractivity contribution in [3.8, 4) is 11.4 Å². The van der Waals surface area contributed by atoms with Crippen molar-refractivity contribution in [2.75, 3.05) is 5.32 Å². The van der Waals surface area contributed by atoms with Crippen LogP contribution in [0.15, 0.2) is 66.7 Å². The zero-order chi connectivity index (χ0) is 18.9. The molecule has 1 aliphatic rings. The van der Waals surface area contributed by atoms with Crippen LogP contribution in [0.1, 0.15) is 34.3 Å². The monoisotopic (exact) mass is 367 g/mol. The molecule has 138 valence electrons. The number of rotatable bonds is 3. The van der Waals surface area contributed by atoms with Gasteiger partial charge >= 0.3 is 0 Å². The normalized spacial score (nSPS) is 13.3. The van der Waals surface area contributed by atoms with Gasteiger partial charge in [-0.1, -0.05) is 30.3 Å². The topological polar surface area (TPSA) is 57.8 Å². The number of anilines is 1. The fourth-order valence-electron chi connectivity index (χ4n) is 3.91. The van der Waals surface area contributed by atoms with E-state index in [0.717, 1.165) is 46.5 Å². The van der Waals surface area contributed by atoms with Gasteiger partial charge in [0, 0.05) is 16.8 Å². The minimum Gasteiger partial charge on any atom is -0.338 e. The highest BCUT2D eigenvalue weighted by molar-refractivity contribution is 6.04. The molecule has 1 heterocycles. The fourth-order valence-corrected chi connectivity index (χ4v) is 3.91. The first kappa shape index (κ1) is 16.8. The van der Waals surface area contributed by atoms with Gasteiger partial charge in [-0.3, -0.25) is 4.79 Å². The maximum atomic E-state index is 12.8. The van der Waals surface area contributed by atoms with E-state index in [9.17, 15) is 4.79 Å². The predicted octanol–water partition coefficient (Wildman–Crippen LogP) is 5.36. The minimum absolute atomic E-state index is 0.0740. The van der Waals surface area contributed by atoms with Gasteiger partial charge in [0.2, 0.25) is 0 Å². The summed E-state index contributed by atoms with van der Waals surface area (Å²) in [6.45, 7) is 0. The summed E-state index contributed by atoms with van der Waals surface area (Å²) < 4.78 is 0. The van der Waals surface area contributed by atoms with E-state index in [-0.39, 0.29) is 5.91 Å². The molecular formula is C24H21N3O. The number of fused-ring (bicyclic) bond motifs is 2. The third-order valence-electron chi connectivity index (χ3n) is 5.39. The van der Waals surface area contributed by atoms with Gasteiger partial charge in [0.25, 0.3) is 5.91 Å². The lowest BCUT2D eigenvalue weighted by atomic mass is 9.90. The highest BCUT2D eigenvalue weighted by Gasteiger charge is 2.13. The predicted molar refractivity (Wildman–Crippen MR) is 113 cm³/mol. The molecule has 1 amide bonds. The number of carbonyl (C=O) groups excluding carboxylic acids is 1. The number of amides is 1. The Bertz CT molecular complexity index is 1140. The second kappa shape index (κ2) is 6.97. The number of nitrogens with zero attached hydrogens (tertiary/aromatic N) is 1. The van der Waals surface area contributed by atoms with E-state index in [1.807, 2.05) is 60.7 Å². The molecule has 3 aromatic carbocycles. The highest BCUT2D eigenvalue weighted by atomic mass is 16.1. The van der Waals surface area contributed by atoms with Gasteiger partial charge in [0.05, 0.1) is 11.0 Å². The standard InChI is InChI=1S/C24H21N3O/c28-24(19-13-12-16-6-1-2-7-17(16)14-19)25-20-9-5-8-18(15-20)23-26-21-10-3-4-11-22(21)27-23/h3-5,8-15H,1-2,6-7H2,(H,25,28)(H,26,27). The van der Waals surface area contributed by atoms with Crippen LogP contribution >= 0.6 is 0 Å². The zero-order valence-corrected chi connectivity index (χ0v) is 15.5. The van der Waals surface area contributed by atoms with Gasteiger partial charge in [-0.05, 0) is 73.2 Å². The molecule has 28 heavy (non-hydrogen) atoms. The lowest BCUT2D eigenvalue weighted by molar-refractivity contribution is 0.102. The number of para-hydroxylation sites is 2. The van der Waals surface area contributed by atoms with E-state index in [4.69, 9.17) is 0 Å². The number of imidazole rings is 1. The quantitative estimate of drug-likeness (QED) is 0.512. The van der Waals surface area contributed by atoms with Crippen LogP contribution in [0, 0.1) is 0 Å². The average Bonchev–Trinajstić information content (AvgIpc) is 3.18. The first-order valence-electron chi connectivity index (χ1n) is 9.75. The van der Waals surface area contributed by atoms with E-state index in [1.165, 1.54) is 24.0 Å². The summed E-state index contributed by atoms with van der Waals surface area (Å²) in [5, 5.41) is 3.03. The van der Waals surface area contributed by atoms with Crippen molar-refractivity contribution < 1.29 is 4.79 Å². The third-order valence-corrected chi connectivity index (χ3v) is 5.39. The Morgan fingerprint density at radius 2 is 1.75 bits per heavy atom. The zero-order valence-electron chi connectivity index (χ0n) is 15.5. The van der Waals surface area contributed by atoms with Crippen LogP contribution in [0.5, 0.6) is 0 Å². The fraction of sp³-hybridized carbons (Fsp3) is 0.167. The van der Waals surface area contributed by atoms with Crippen molar-refractivity contribution in [3.05, 3.63) is 83.4 Å². The molecule has 2 N–H and O–H groups in total. The number of aryl methyl sites for hydroxylation is 2. The van der Waals surface area contributed by atoms with Gasteiger partial charge in [0.15, 0.2) is 0 Å². The van der Waals surface area contributed by atoms with Crippen LogP contribution in [-0.4, -0.2) is 15.9 Å². The number of carbonyl (C=O) groups is 1. The number of nitrogens with one attached hydrogen (secondary N) is 2. The summed E-state index contributed by atoms with van der Waals surface area (Å²) in [6.07, 6.45) is 4.64. The van der Waals surface area contributed by atoms with Crippen molar-refractivity contribution in [2.24, 2.45) is 0 Å². The molecule has 0 radical (unpaired) electrons. The molecular weight excluding hydrogens is 346 g/mol. The van der Waals surface area contributed by atoms with E-state index in [0.29, 0.717) is 0 Å². The first-order chi connectivity index (χ1) is 13.8. The molecule has 1 aromatic heterocycles. The Labute approximate surface area is 163 Å². The van der Waals surface area contributed by atoms with Crippen LogP contribution in [-0.2, 0) is 12.8 Å². The SMILES string of the molecule is O=C(Nc1cccc(-c2nc3ccccc3[nH]2)c1)c1ccc2c(c1)CCCC2. The Hall–Kier alpha value is -3.40. The Morgan fingerprint density at radius 3 is 2.64 bits per heavy atom. The second-order valence-corrected chi connectivity index (χ2v) is 7.33. The summed E-state index contributed by atoms with van der Waals surface area (Å²) in [5.74, 6) is 0.723. The Morgan fingerprint density at radius 1 is 0.893 bits per heavy atom. The van der Waals surface area contributed by atoms with Crippen molar-refractivity contribution in [1.29, 1.82) is 0 Å². The molecule has 4 aromatic rings. The van der Waals surface area contributed by atoms with Crippen molar-refractivity contribution in [3.63, 3.8) is 0 Å². The van der Waals surface area contributed by atoms with E-state index in [1.54, 1.807) is 0 Å². The molecule has 0 spiro atoms. The molecule has 4 heteroatoms. The van der Waals surface area contributed by atoms with Gasteiger partial charge in [0.1, 0.15) is 5.82 Å². The number of hydrogen-bond donors (Lipinski definition) is 2. The minimum atomic E-state index is -0.0740. The smallest absolute Gasteiger partial charge is 0.255 e. The summed E-state index contributed by atoms with van der Waals surface area (Å²) >= 11 is 0. The molecule has 0 fully saturated rings. The van der Waals surface area contributed by atoms with Crippen LogP contribution in [0.2, 0.25) is 0 Å². The largest absolute Gasteiger partial charge is 0.338 e. The summed E-state index contributed by atoms with van der Waals surface area (Å²) in [7, 11) is 0. The number of benzene rings is 3. The van der Waals surface area contributed by atoms with Crippen LogP contribution in [0.4, 0.5) is 5.69 Å². The first-order valence-corrected chi connectivity index (χ1v) is 9.75. The number of aromatic amines is 1. The molecule has 0 saturated heterocycles. The highest BCUT2D eigenvalue weighted by Crippen LogP contribution is 2.25. The lowest BCUT2D eigenvalue weighted by Crippen LogP contribution is -2.13. The van der Waals surface area contributed by atoms with E-state index in [2.05, 4.69) is 21.4 Å². The van der Waals surface area contributed by atoms with Gasteiger partial charge in [-0.15, -0.1) is 0 Å². The molecule has 5 rings (SSSR count). The molecule has 0 unspecified atom stereocenters. The molecule has 4 nitrogen and oxygen atoms in total. The lowest BCUT2D eigenvalue weighted by Gasteiger charge is -2.16. The maximum absolute atomic E-state index is 12.8. The summed E-state index contributed by atoms with van der Waals surface area (Å²) in [5.41, 5.74) is 7.06. The average molecular weight is 367 g/mol. The Balaban J connectivity index is 1.40. The molecule has 1 aliphatic carbocycles. The molecule has 0 saturated carbocycles. The second-order valence-electron chi connectivity index (χ2n) is 7.33. The molecule has 0 bridgehead atoms.